The van der Waals surface area contributed by atoms with Crippen LogP contribution < -0.4 is 10.5 Å². The van der Waals surface area contributed by atoms with E-state index in [0.29, 0.717) is 19.1 Å². The summed E-state index contributed by atoms with van der Waals surface area (Å²) in [5.41, 5.74) is 10.9. The highest BCUT2D eigenvalue weighted by atomic mass is 35.5. The van der Waals surface area contributed by atoms with Crippen molar-refractivity contribution >= 4 is 11.6 Å². The van der Waals surface area contributed by atoms with Gasteiger partial charge in [-0.25, -0.2) is 0 Å². The summed E-state index contributed by atoms with van der Waals surface area (Å²) >= 11 is 5.96. The van der Waals surface area contributed by atoms with E-state index in [9.17, 15) is 0 Å². The average molecular weight is 318 g/mol. The molecule has 2 N–H and O–H groups in total. The third kappa shape index (κ3) is 4.25. The number of nitrogens with two attached hydrogens (primary N) is 1. The van der Waals surface area contributed by atoms with Crippen LogP contribution in [-0.4, -0.2) is 13.2 Å². The highest BCUT2D eigenvalue weighted by Crippen LogP contribution is 2.25. The van der Waals surface area contributed by atoms with Crippen molar-refractivity contribution in [1.29, 1.82) is 0 Å². The Balaban J connectivity index is 2.01. The molecule has 0 bridgehead atoms. The maximum absolute atomic E-state index is 5.98. The third-order valence-electron chi connectivity index (χ3n) is 4.02. The van der Waals surface area contributed by atoms with Crippen molar-refractivity contribution in [2.24, 2.45) is 5.73 Å². The van der Waals surface area contributed by atoms with Gasteiger partial charge in [0.2, 0.25) is 0 Å². The zero-order valence-corrected chi connectivity index (χ0v) is 14.3. The van der Waals surface area contributed by atoms with Gasteiger partial charge in [-0.3, -0.25) is 0 Å². The summed E-state index contributed by atoms with van der Waals surface area (Å²) < 4.78 is 5.90. The fourth-order valence-electron chi connectivity index (χ4n) is 2.69. The molecule has 1 unspecified atom stereocenters. The lowest BCUT2D eigenvalue weighted by Crippen LogP contribution is -2.17. The SMILES string of the molecule is Cc1ccc(C)c(C(CN)CCOc2ccc(Cl)cc2C)c1. The van der Waals surface area contributed by atoms with Crippen molar-refractivity contribution in [1.82, 2.24) is 0 Å². The molecule has 2 nitrogen and oxygen atoms in total. The second kappa shape index (κ2) is 7.66. The molecular weight excluding hydrogens is 294 g/mol. The standard InChI is InChI=1S/C19H24ClNO/c1-13-4-5-14(2)18(10-13)16(12-21)8-9-22-19-7-6-17(20)11-15(19)3/h4-7,10-11,16H,8-9,12,21H2,1-3H3. The van der Waals surface area contributed by atoms with Crippen LogP contribution in [-0.2, 0) is 0 Å². The first kappa shape index (κ1) is 16.9. The molecule has 118 valence electrons. The first-order valence-corrected chi connectivity index (χ1v) is 8.05. The molecule has 0 aliphatic rings. The first-order valence-electron chi connectivity index (χ1n) is 7.67. The lowest BCUT2D eigenvalue weighted by Gasteiger charge is -2.19. The molecule has 0 aliphatic heterocycles. The summed E-state index contributed by atoms with van der Waals surface area (Å²) in [6, 6.07) is 12.2. The van der Waals surface area contributed by atoms with E-state index < -0.39 is 0 Å². The monoisotopic (exact) mass is 317 g/mol. The van der Waals surface area contributed by atoms with Crippen molar-refractivity contribution in [3.63, 3.8) is 0 Å². The van der Waals surface area contributed by atoms with Crippen molar-refractivity contribution < 1.29 is 4.74 Å². The molecule has 0 radical (unpaired) electrons. The topological polar surface area (TPSA) is 35.2 Å². The van der Waals surface area contributed by atoms with E-state index in [-0.39, 0.29) is 0 Å². The Labute approximate surface area is 138 Å². The Bertz CT molecular complexity index is 639. The first-order chi connectivity index (χ1) is 10.5. The molecule has 22 heavy (non-hydrogen) atoms. The van der Waals surface area contributed by atoms with E-state index >= 15 is 0 Å². The van der Waals surface area contributed by atoms with Crippen LogP contribution in [0.5, 0.6) is 5.75 Å². The minimum Gasteiger partial charge on any atom is -0.493 e. The molecule has 2 rings (SSSR count). The van der Waals surface area contributed by atoms with Gasteiger partial charge in [0.1, 0.15) is 5.75 Å². The Hall–Kier alpha value is -1.51. The van der Waals surface area contributed by atoms with Gasteiger partial charge in [0.15, 0.2) is 0 Å². The quantitative estimate of drug-likeness (QED) is 0.832. The second-order valence-electron chi connectivity index (χ2n) is 5.84. The van der Waals surface area contributed by atoms with E-state index in [2.05, 4.69) is 32.0 Å². The maximum Gasteiger partial charge on any atom is 0.122 e. The van der Waals surface area contributed by atoms with Gasteiger partial charge in [0, 0.05) is 5.02 Å². The number of hydrogen-bond donors (Lipinski definition) is 1. The molecule has 0 heterocycles. The predicted molar refractivity (Wildman–Crippen MR) is 94.0 cm³/mol. The summed E-state index contributed by atoms with van der Waals surface area (Å²) in [7, 11) is 0. The Morgan fingerprint density at radius 3 is 2.50 bits per heavy atom. The normalized spacial score (nSPS) is 12.2. The molecule has 0 aliphatic carbocycles. The van der Waals surface area contributed by atoms with E-state index in [1.807, 2.05) is 25.1 Å². The second-order valence-corrected chi connectivity index (χ2v) is 6.28. The highest BCUT2D eigenvalue weighted by Gasteiger charge is 2.13. The third-order valence-corrected chi connectivity index (χ3v) is 4.26. The Morgan fingerprint density at radius 1 is 1.05 bits per heavy atom. The molecule has 0 saturated carbocycles. The molecule has 2 aromatic carbocycles. The van der Waals surface area contributed by atoms with Gasteiger partial charge in [-0.1, -0.05) is 35.4 Å². The number of halogens is 1. The van der Waals surface area contributed by atoms with E-state index in [4.69, 9.17) is 22.1 Å². The highest BCUT2D eigenvalue weighted by molar-refractivity contribution is 6.30. The molecule has 0 fully saturated rings. The van der Waals surface area contributed by atoms with Gasteiger partial charge in [0.05, 0.1) is 6.61 Å². The Kier molecular flexibility index (Phi) is 5.87. The number of aryl methyl sites for hydroxylation is 3. The molecule has 1 atom stereocenters. The van der Waals surface area contributed by atoms with E-state index in [1.54, 1.807) is 0 Å². The van der Waals surface area contributed by atoms with Gasteiger partial charge < -0.3 is 10.5 Å². The fourth-order valence-corrected chi connectivity index (χ4v) is 2.91. The average Bonchev–Trinajstić information content (AvgIpc) is 2.48. The van der Waals surface area contributed by atoms with Gasteiger partial charge in [0.25, 0.3) is 0 Å². The molecule has 0 saturated heterocycles. The van der Waals surface area contributed by atoms with Gasteiger partial charge in [-0.2, -0.15) is 0 Å². The lowest BCUT2D eigenvalue weighted by molar-refractivity contribution is 0.296. The van der Waals surface area contributed by atoms with Crippen LogP contribution in [0.1, 0.15) is 34.6 Å². The molecule has 0 amide bonds. The van der Waals surface area contributed by atoms with Crippen molar-refractivity contribution in [2.75, 3.05) is 13.2 Å². The number of rotatable bonds is 6. The molecule has 0 spiro atoms. The van der Waals surface area contributed by atoms with Crippen LogP contribution in [0.25, 0.3) is 0 Å². The van der Waals surface area contributed by atoms with Crippen LogP contribution in [0.4, 0.5) is 0 Å². The van der Waals surface area contributed by atoms with E-state index in [1.165, 1.54) is 16.7 Å². The van der Waals surface area contributed by atoms with Gasteiger partial charge in [-0.15, -0.1) is 0 Å². The largest absolute Gasteiger partial charge is 0.493 e. The zero-order valence-electron chi connectivity index (χ0n) is 13.5. The Morgan fingerprint density at radius 2 is 1.82 bits per heavy atom. The summed E-state index contributed by atoms with van der Waals surface area (Å²) in [5.74, 6) is 1.22. The number of hydrogen-bond acceptors (Lipinski definition) is 2. The molecule has 2 aromatic rings. The van der Waals surface area contributed by atoms with Crippen molar-refractivity contribution in [2.45, 2.75) is 33.1 Å². The minimum absolute atomic E-state index is 0.326. The smallest absolute Gasteiger partial charge is 0.122 e. The minimum atomic E-state index is 0.326. The molecule has 0 aromatic heterocycles. The molecule has 3 heteroatoms. The van der Waals surface area contributed by atoms with Crippen LogP contribution in [0.3, 0.4) is 0 Å². The number of benzene rings is 2. The zero-order chi connectivity index (χ0) is 16.1. The summed E-state index contributed by atoms with van der Waals surface area (Å²) in [6.07, 6.45) is 0.906. The number of ether oxygens (including phenoxy) is 1. The van der Waals surface area contributed by atoms with Crippen molar-refractivity contribution in [3.8, 4) is 5.75 Å². The predicted octanol–water partition coefficient (Wildman–Crippen LogP) is 4.78. The van der Waals surface area contributed by atoms with E-state index in [0.717, 1.165) is 22.8 Å². The summed E-state index contributed by atoms with van der Waals surface area (Å²) in [6.45, 7) is 7.54. The van der Waals surface area contributed by atoms with Crippen LogP contribution in [0, 0.1) is 20.8 Å². The van der Waals surface area contributed by atoms with Crippen molar-refractivity contribution in [3.05, 3.63) is 63.7 Å². The van der Waals surface area contributed by atoms with Crippen LogP contribution in [0.15, 0.2) is 36.4 Å². The maximum atomic E-state index is 5.98. The van der Waals surface area contributed by atoms with Crippen LogP contribution >= 0.6 is 11.6 Å². The van der Waals surface area contributed by atoms with Gasteiger partial charge in [-0.05, 0) is 74.5 Å². The molecular formula is C19H24ClNO. The summed E-state index contributed by atoms with van der Waals surface area (Å²) in [4.78, 5) is 0. The van der Waals surface area contributed by atoms with Gasteiger partial charge >= 0.3 is 0 Å². The fraction of sp³-hybridized carbons (Fsp3) is 0.368. The lowest BCUT2D eigenvalue weighted by atomic mass is 9.91. The summed E-state index contributed by atoms with van der Waals surface area (Å²) in [5, 5.41) is 0.736. The van der Waals surface area contributed by atoms with Crippen LogP contribution in [0.2, 0.25) is 5.02 Å².